The lowest BCUT2D eigenvalue weighted by Crippen LogP contribution is -2.44. The Morgan fingerprint density at radius 1 is 1.08 bits per heavy atom. The van der Waals surface area contributed by atoms with Crippen LogP contribution in [0.25, 0.3) is 6.08 Å². The maximum absolute atomic E-state index is 12.7. The Hall–Kier alpha value is -2.44. The minimum Gasteiger partial charge on any atom is -0.368 e. The number of nitrogens with zero attached hydrogens (tertiary/aromatic N) is 1. The topological polar surface area (TPSA) is 80.5 Å². The fourth-order valence-electron chi connectivity index (χ4n) is 2.92. The molecule has 2 aromatic rings. The Labute approximate surface area is 141 Å². The molecule has 0 aliphatic carbocycles. The number of hydrogen-bond donors (Lipinski definition) is 1. The van der Waals surface area contributed by atoms with Gasteiger partial charge in [0, 0.05) is 12.0 Å². The fraction of sp³-hybridized carbons (Fsp3) is 0.167. The van der Waals surface area contributed by atoms with E-state index in [2.05, 4.69) is 0 Å². The quantitative estimate of drug-likeness (QED) is 0.923. The summed E-state index contributed by atoms with van der Waals surface area (Å²) >= 11 is 0. The third-order valence-electron chi connectivity index (χ3n) is 4.07. The van der Waals surface area contributed by atoms with E-state index >= 15 is 0 Å². The van der Waals surface area contributed by atoms with Crippen molar-refractivity contribution in [3.05, 3.63) is 76.7 Å². The molecule has 0 saturated carbocycles. The van der Waals surface area contributed by atoms with Gasteiger partial charge in [-0.05, 0) is 29.2 Å². The largest absolute Gasteiger partial charge is 0.368 e. The van der Waals surface area contributed by atoms with E-state index < -0.39 is 22.0 Å². The Morgan fingerprint density at radius 2 is 1.75 bits per heavy atom. The van der Waals surface area contributed by atoms with Crippen LogP contribution >= 0.6 is 0 Å². The highest BCUT2D eigenvalue weighted by Gasteiger charge is 2.37. The maximum Gasteiger partial charge on any atom is 0.240 e. The van der Waals surface area contributed by atoms with Gasteiger partial charge in [0.05, 0.1) is 0 Å². The summed E-state index contributed by atoms with van der Waals surface area (Å²) in [6.45, 7) is 0.228. The predicted octanol–water partition coefficient (Wildman–Crippen LogP) is 2.07. The van der Waals surface area contributed by atoms with Crippen LogP contribution in [0.3, 0.4) is 0 Å². The monoisotopic (exact) mass is 342 g/mol. The minimum absolute atomic E-state index is 0.228. The lowest BCUT2D eigenvalue weighted by molar-refractivity contribution is -0.122. The second-order valence-electron chi connectivity index (χ2n) is 5.62. The summed E-state index contributed by atoms with van der Waals surface area (Å²) in [7, 11) is -3.77. The lowest BCUT2D eigenvalue weighted by Gasteiger charge is -2.33. The molecule has 6 heteroatoms. The zero-order valence-corrected chi connectivity index (χ0v) is 13.8. The normalized spacial score (nSPS) is 18.4. The van der Waals surface area contributed by atoms with Crippen LogP contribution in [0.15, 0.2) is 60.0 Å². The van der Waals surface area contributed by atoms with Crippen molar-refractivity contribution in [3.63, 3.8) is 0 Å². The molecular formula is C18H18N2O3S. The van der Waals surface area contributed by atoms with Crippen LogP contribution in [0.1, 0.15) is 22.7 Å². The first-order valence-corrected chi connectivity index (χ1v) is 9.11. The molecule has 0 bridgehead atoms. The van der Waals surface area contributed by atoms with E-state index in [0.29, 0.717) is 12.0 Å². The molecule has 1 atom stereocenters. The molecule has 0 aromatic heterocycles. The van der Waals surface area contributed by atoms with Gasteiger partial charge in [0.25, 0.3) is 0 Å². The number of rotatable bonds is 4. The van der Waals surface area contributed by atoms with Crippen LogP contribution in [-0.4, -0.2) is 25.2 Å². The zero-order chi connectivity index (χ0) is 17.2. The molecule has 1 amide bonds. The molecule has 124 valence electrons. The number of carbonyl (C=O) groups excluding carboxylic acids is 1. The fourth-order valence-corrected chi connectivity index (χ4v) is 4.26. The molecule has 3 rings (SSSR count). The molecule has 0 spiro atoms. The van der Waals surface area contributed by atoms with Crippen molar-refractivity contribution in [2.45, 2.75) is 12.5 Å². The van der Waals surface area contributed by atoms with Crippen molar-refractivity contribution >= 4 is 22.0 Å². The maximum atomic E-state index is 12.7. The third kappa shape index (κ3) is 3.25. The molecule has 2 aromatic carbocycles. The van der Waals surface area contributed by atoms with Crippen LogP contribution in [0.2, 0.25) is 0 Å². The molecule has 24 heavy (non-hydrogen) atoms. The molecule has 1 unspecified atom stereocenters. The molecule has 0 radical (unpaired) electrons. The number of sulfonamides is 1. The lowest BCUT2D eigenvalue weighted by atomic mass is 9.94. The summed E-state index contributed by atoms with van der Waals surface area (Å²) in [6, 6.07) is 15.5. The summed E-state index contributed by atoms with van der Waals surface area (Å²) in [4.78, 5) is 11.9. The highest BCUT2D eigenvalue weighted by Crippen LogP contribution is 2.32. The number of nitrogens with two attached hydrogens (primary N) is 1. The van der Waals surface area contributed by atoms with Gasteiger partial charge in [-0.3, -0.25) is 4.79 Å². The number of amides is 1. The van der Waals surface area contributed by atoms with Crippen LogP contribution in [0, 0.1) is 0 Å². The summed E-state index contributed by atoms with van der Waals surface area (Å²) in [5.41, 5.74) is 7.90. The number of carbonyl (C=O) groups is 1. The van der Waals surface area contributed by atoms with Gasteiger partial charge in [0.1, 0.15) is 6.04 Å². The van der Waals surface area contributed by atoms with Gasteiger partial charge < -0.3 is 5.73 Å². The van der Waals surface area contributed by atoms with E-state index in [0.717, 1.165) is 16.5 Å². The van der Waals surface area contributed by atoms with E-state index in [4.69, 9.17) is 5.73 Å². The minimum atomic E-state index is -3.77. The number of benzene rings is 2. The molecule has 1 aliphatic heterocycles. The first kappa shape index (κ1) is 16.4. The van der Waals surface area contributed by atoms with E-state index in [-0.39, 0.29) is 6.54 Å². The van der Waals surface area contributed by atoms with Gasteiger partial charge >= 0.3 is 0 Å². The van der Waals surface area contributed by atoms with Gasteiger partial charge in [-0.1, -0.05) is 54.6 Å². The van der Waals surface area contributed by atoms with E-state index in [1.807, 2.05) is 42.5 Å². The molecule has 2 N–H and O–H groups in total. The summed E-state index contributed by atoms with van der Waals surface area (Å²) in [6.07, 6.45) is 2.08. The molecular weight excluding hydrogens is 324 g/mol. The number of primary amides is 1. The van der Waals surface area contributed by atoms with Crippen LogP contribution in [-0.2, 0) is 21.2 Å². The Morgan fingerprint density at radius 3 is 2.46 bits per heavy atom. The van der Waals surface area contributed by atoms with Crippen molar-refractivity contribution in [1.82, 2.24) is 4.31 Å². The molecule has 0 saturated heterocycles. The standard InChI is InChI=1S/C18H18N2O3S/c19-18(21)17-16-9-5-4-8-15(16)10-12-20(17)24(22,23)13-11-14-6-2-1-3-7-14/h1-9,11,13,17H,10,12H2,(H2,19,21)/b13-11+. The van der Waals surface area contributed by atoms with Crippen LogP contribution in [0.4, 0.5) is 0 Å². The Kier molecular flexibility index (Phi) is 4.51. The second kappa shape index (κ2) is 6.59. The Bertz CT molecular complexity index is 876. The van der Waals surface area contributed by atoms with Crippen molar-refractivity contribution < 1.29 is 13.2 Å². The van der Waals surface area contributed by atoms with E-state index in [1.165, 1.54) is 10.4 Å². The van der Waals surface area contributed by atoms with Gasteiger partial charge in [-0.15, -0.1) is 0 Å². The summed E-state index contributed by atoms with van der Waals surface area (Å²) in [5, 5.41) is 1.13. The van der Waals surface area contributed by atoms with Gasteiger partial charge in [0.2, 0.25) is 15.9 Å². The molecule has 1 heterocycles. The predicted molar refractivity (Wildman–Crippen MR) is 93.2 cm³/mol. The van der Waals surface area contributed by atoms with Crippen molar-refractivity contribution in [3.8, 4) is 0 Å². The smallest absolute Gasteiger partial charge is 0.240 e. The number of hydrogen-bond acceptors (Lipinski definition) is 3. The van der Waals surface area contributed by atoms with E-state index in [1.54, 1.807) is 12.1 Å². The van der Waals surface area contributed by atoms with Crippen LogP contribution < -0.4 is 5.73 Å². The average Bonchev–Trinajstić information content (AvgIpc) is 2.59. The van der Waals surface area contributed by atoms with Gasteiger partial charge in [0.15, 0.2) is 0 Å². The Balaban J connectivity index is 1.95. The second-order valence-corrected chi connectivity index (χ2v) is 7.39. The van der Waals surface area contributed by atoms with Gasteiger partial charge in [-0.25, -0.2) is 8.42 Å². The SMILES string of the molecule is NC(=O)C1c2ccccc2CCN1S(=O)(=O)/C=C/c1ccccc1. The average molecular weight is 342 g/mol. The zero-order valence-electron chi connectivity index (χ0n) is 13.0. The third-order valence-corrected chi connectivity index (χ3v) is 5.59. The highest BCUT2D eigenvalue weighted by atomic mass is 32.2. The van der Waals surface area contributed by atoms with E-state index in [9.17, 15) is 13.2 Å². The summed E-state index contributed by atoms with van der Waals surface area (Å²) < 4.78 is 26.6. The first-order valence-electron chi connectivity index (χ1n) is 7.61. The molecule has 5 nitrogen and oxygen atoms in total. The van der Waals surface area contributed by atoms with Crippen molar-refractivity contribution in [2.24, 2.45) is 5.73 Å². The van der Waals surface area contributed by atoms with Gasteiger partial charge in [-0.2, -0.15) is 4.31 Å². The highest BCUT2D eigenvalue weighted by molar-refractivity contribution is 7.92. The number of fused-ring (bicyclic) bond motifs is 1. The summed E-state index contributed by atoms with van der Waals surface area (Å²) in [5.74, 6) is -0.668. The van der Waals surface area contributed by atoms with Crippen LogP contribution in [0.5, 0.6) is 0 Å². The first-order chi connectivity index (χ1) is 11.5. The van der Waals surface area contributed by atoms with Crippen molar-refractivity contribution in [2.75, 3.05) is 6.54 Å². The van der Waals surface area contributed by atoms with Crippen molar-refractivity contribution in [1.29, 1.82) is 0 Å². The molecule has 1 aliphatic rings. The molecule has 0 fully saturated rings.